The molecule has 0 aliphatic heterocycles. The normalized spacial score (nSPS) is 11.2. The van der Waals surface area contributed by atoms with Crippen molar-refractivity contribution < 1.29 is 13.2 Å². The summed E-state index contributed by atoms with van der Waals surface area (Å²) in [5.41, 5.74) is 7.75. The summed E-state index contributed by atoms with van der Waals surface area (Å²) < 4.78 is 26.9. The number of carbonyl (C=O) groups is 1. The van der Waals surface area contributed by atoms with Crippen LogP contribution in [0.2, 0.25) is 5.02 Å². The number of rotatable bonds is 7. The fraction of sp³-hybridized carbons (Fsp3) is 0.235. The van der Waals surface area contributed by atoms with Gasteiger partial charge in [0.05, 0.1) is 10.6 Å². The minimum Gasteiger partial charge on any atom is -0.299 e. The number of aryl methyl sites for hydroxylation is 2. The molecule has 3 N–H and O–H groups in total. The second kappa shape index (κ2) is 8.33. The van der Waals surface area contributed by atoms with Gasteiger partial charge in [-0.2, -0.15) is 0 Å². The summed E-state index contributed by atoms with van der Waals surface area (Å²) in [6.07, 6.45) is -0.00234. The third kappa shape index (κ3) is 5.74. The number of amides is 1. The molecule has 1 amide bonds. The fourth-order valence-electron chi connectivity index (χ4n) is 2.03. The molecule has 0 bridgehead atoms. The van der Waals surface area contributed by atoms with E-state index in [9.17, 15) is 13.2 Å². The first kappa shape index (κ1) is 19.2. The van der Waals surface area contributed by atoms with Gasteiger partial charge in [-0.15, -0.1) is 0 Å². The Morgan fingerprint density at radius 3 is 2.52 bits per heavy atom. The minimum absolute atomic E-state index is 0.00167. The molecule has 2 rings (SSSR count). The van der Waals surface area contributed by atoms with Crippen LogP contribution >= 0.6 is 11.6 Å². The molecule has 0 heterocycles. The van der Waals surface area contributed by atoms with Gasteiger partial charge in [-0.1, -0.05) is 23.7 Å². The molecular weight excluding hydrogens is 362 g/mol. The number of halogens is 1. The number of nitrogens with one attached hydrogen (secondary N) is 3. The molecule has 0 atom stereocenters. The standard InChI is InChI=1S/C17H20ClN3O3S/c1-12-6-7-16(10-13(12)2)25(23,24)19-9-8-17(22)21-20-15-5-3-4-14(18)11-15/h3-7,10-11,19-20H,8-9H2,1-2H3,(H,21,22). The second-order valence-corrected chi connectivity index (χ2v) is 7.78. The molecule has 6 nitrogen and oxygen atoms in total. The van der Waals surface area contributed by atoms with E-state index in [0.717, 1.165) is 11.1 Å². The molecule has 2 aromatic rings. The van der Waals surface area contributed by atoms with E-state index in [0.29, 0.717) is 10.7 Å². The molecule has 0 aliphatic rings. The Hall–Kier alpha value is -2.09. The summed E-state index contributed by atoms with van der Waals surface area (Å²) in [4.78, 5) is 12.0. The molecule has 0 aromatic heterocycles. The highest BCUT2D eigenvalue weighted by molar-refractivity contribution is 7.89. The van der Waals surface area contributed by atoms with Crippen molar-refractivity contribution in [3.8, 4) is 0 Å². The number of hydrazine groups is 1. The van der Waals surface area contributed by atoms with Crippen molar-refractivity contribution in [2.75, 3.05) is 12.0 Å². The van der Waals surface area contributed by atoms with E-state index in [1.54, 1.807) is 42.5 Å². The number of benzene rings is 2. The summed E-state index contributed by atoms with van der Waals surface area (Å²) in [5.74, 6) is -0.345. The first-order chi connectivity index (χ1) is 11.8. The van der Waals surface area contributed by atoms with Gasteiger partial charge in [0.15, 0.2) is 0 Å². The summed E-state index contributed by atoms with van der Waals surface area (Å²) in [6.45, 7) is 3.76. The summed E-state index contributed by atoms with van der Waals surface area (Å²) in [7, 11) is -3.64. The first-order valence-electron chi connectivity index (χ1n) is 7.65. The topological polar surface area (TPSA) is 87.3 Å². The van der Waals surface area contributed by atoms with Crippen LogP contribution < -0.4 is 15.6 Å². The summed E-state index contributed by atoms with van der Waals surface area (Å²) in [6, 6.07) is 11.8. The molecule has 0 radical (unpaired) electrons. The van der Waals surface area contributed by atoms with Crippen LogP contribution in [0.3, 0.4) is 0 Å². The monoisotopic (exact) mass is 381 g/mol. The third-order valence-corrected chi connectivity index (χ3v) is 5.30. The Morgan fingerprint density at radius 1 is 1.08 bits per heavy atom. The van der Waals surface area contributed by atoms with Gasteiger partial charge < -0.3 is 0 Å². The van der Waals surface area contributed by atoms with Crippen LogP contribution in [0.15, 0.2) is 47.4 Å². The Bertz CT molecular complexity index is 869. The van der Waals surface area contributed by atoms with Gasteiger partial charge in [-0.25, -0.2) is 13.1 Å². The lowest BCUT2D eigenvalue weighted by Crippen LogP contribution is -2.33. The summed E-state index contributed by atoms with van der Waals surface area (Å²) >= 11 is 5.84. The average Bonchev–Trinajstić information content (AvgIpc) is 2.55. The van der Waals surface area contributed by atoms with Crippen molar-refractivity contribution in [2.45, 2.75) is 25.2 Å². The maximum absolute atomic E-state index is 12.2. The van der Waals surface area contributed by atoms with Gasteiger partial charge in [0.25, 0.3) is 0 Å². The Labute approximate surface area is 152 Å². The van der Waals surface area contributed by atoms with Crippen molar-refractivity contribution in [1.82, 2.24) is 10.1 Å². The number of hydrogen-bond acceptors (Lipinski definition) is 4. The molecule has 25 heavy (non-hydrogen) atoms. The van der Waals surface area contributed by atoms with Crippen LogP contribution in [0.5, 0.6) is 0 Å². The van der Waals surface area contributed by atoms with Gasteiger partial charge in [0.2, 0.25) is 15.9 Å². The highest BCUT2D eigenvalue weighted by Gasteiger charge is 2.14. The molecule has 134 valence electrons. The van der Waals surface area contributed by atoms with E-state index < -0.39 is 10.0 Å². The molecule has 0 fully saturated rings. The third-order valence-electron chi connectivity index (χ3n) is 3.60. The van der Waals surface area contributed by atoms with Crippen molar-refractivity contribution in [3.63, 3.8) is 0 Å². The van der Waals surface area contributed by atoms with Gasteiger partial charge >= 0.3 is 0 Å². The Balaban J connectivity index is 1.82. The van der Waals surface area contributed by atoms with Crippen LogP contribution in [-0.2, 0) is 14.8 Å². The van der Waals surface area contributed by atoms with E-state index in [-0.39, 0.29) is 23.8 Å². The zero-order valence-electron chi connectivity index (χ0n) is 14.0. The fourth-order valence-corrected chi connectivity index (χ4v) is 3.34. The van der Waals surface area contributed by atoms with Crippen LogP contribution in [0.25, 0.3) is 0 Å². The number of hydrogen-bond donors (Lipinski definition) is 3. The van der Waals surface area contributed by atoms with Gasteiger partial charge in [0, 0.05) is 18.0 Å². The lowest BCUT2D eigenvalue weighted by atomic mass is 10.1. The minimum atomic E-state index is -3.64. The molecule has 8 heteroatoms. The lowest BCUT2D eigenvalue weighted by molar-refractivity contribution is -0.120. The molecule has 0 saturated heterocycles. The maximum atomic E-state index is 12.2. The number of carbonyl (C=O) groups excluding carboxylic acids is 1. The van der Waals surface area contributed by atoms with Crippen LogP contribution in [-0.4, -0.2) is 20.9 Å². The smallest absolute Gasteiger partial charge is 0.240 e. The molecule has 0 unspecified atom stereocenters. The van der Waals surface area contributed by atoms with Crippen molar-refractivity contribution in [3.05, 3.63) is 58.6 Å². The van der Waals surface area contributed by atoms with Gasteiger partial charge in [0.1, 0.15) is 0 Å². The van der Waals surface area contributed by atoms with E-state index in [4.69, 9.17) is 11.6 Å². The molecular formula is C17H20ClN3O3S. The molecule has 0 saturated carbocycles. The Morgan fingerprint density at radius 2 is 1.84 bits per heavy atom. The van der Waals surface area contributed by atoms with Crippen LogP contribution in [0, 0.1) is 13.8 Å². The zero-order valence-corrected chi connectivity index (χ0v) is 15.5. The van der Waals surface area contributed by atoms with Gasteiger partial charge in [-0.05, 0) is 55.3 Å². The second-order valence-electron chi connectivity index (χ2n) is 5.58. The predicted octanol–water partition coefficient (Wildman–Crippen LogP) is 2.77. The van der Waals surface area contributed by atoms with E-state index in [2.05, 4.69) is 15.6 Å². The van der Waals surface area contributed by atoms with Crippen LogP contribution in [0.1, 0.15) is 17.5 Å². The summed E-state index contributed by atoms with van der Waals surface area (Å²) in [5, 5.41) is 0.542. The van der Waals surface area contributed by atoms with E-state index >= 15 is 0 Å². The van der Waals surface area contributed by atoms with Gasteiger partial charge in [-0.3, -0.25) is 15.6 Å². The molecule has 2 aromatic carbocycles. The van der Waals surface area contributed by atoms with E-state index in [1.807, 2.05) is 13.8 Å². The molecule has 0 spiro atoms. The van der Waals surface area contributed by atoms with Crippen molar-refractivity contribution in [1.29, 1.82) is 0 Å². The highest BCUT2D eigenvalue weighted by atomic mass is 35.5. The maximum Gasteiger partial charge on any atom is 0.240 e. The largest absolute Gasteiger partial charge is 0.299 e. The number of sulfonamides is 1. The predicted molar refractivity (Wildman–Crippen MR) is 98.9 cm³/mol. The first-order valence-corrected chi connectivity index (χ1v) is 9.51. The zero-order chi connectivity index (χ0) is 18.4. The van der Waals surface area contributed by atoms with Crippen molar-refractivity contribution >= 4 is 33.2 Å². The quantitative estimate of drug-likeness (QED) is 0.643. The highest BCUT2D eigenvalue weighted by Crippen LogP contribution is 2.15. The van der Waals surface area contributed by atoms with Crippen LogP contribution in [0.4, 0.5) is 5.69 Å². The average molecular weight is 382 g/mol. The van der Waals surface area contributed by atoms with Crippen molar-refractivity contribution in [2.24, 2.45) is 0 Å². The lowest BCUT2D eigenvalue weighted by Gasteiger charge is -2.10. The Kier molecular flexibility index (Phi) is 6.41. The number of anilines is 1. The SMILES string of the molecule is Cc1ccc(S(=O)(=O)NCCC(=O)NNc2cccc(Cl)c2)cc1C. The molecule has 0 aliphatic carbocycles. The van der Waals surface area contributed by atoms with E-state index in [1.165, 1.54) is 0 Å².